The summed E-state index contributed by atoms with van der Waals surface area (Å²) in [5.74, 6) is -0.811. The van der Waals surface area contributed by atoms with E-state index in [2.05, 4.69) is 10.4 Å². The summed E-state index contributed by atoms with van der Waals surface area (Å²) in [7, 11) is 0. The van der Waals surface area contributed by atoms with E-state index in [1.165, 1.54) is 12.3 Å². The second-order valence-corrected chi connectivity index (χ2v) is 5.28. The number of rotatable bonds is 5. The molecular weight excluding hydrogens is 363 g/mol. The predicted molar refractivity (Wildman–Crippen MR) is 86.4 cm³/mol. The zero-order valence-corrected chi connectivity index (χ0v) is 14.0. The van der Waals surface area contributed by atoms with E-state index in [0.29, 0.717) is 12.2 Å². The minimum atomic E-state index is -4.63. The first-order chi connectivity index (χ1) is 11.7. The van der Waals surface area contributed by atoms with Gasteiger partial charge < -0.3 is 14.9 Å². The van der Waals surface area contributed by atoms with Crippen molar-refractivity contribution in [1.29, 1.82) is 0 Å². The van der Waals surface area contributed by atoms with E-state index in [4.69, 9.17) is 16.3 Å². The second-order valence-electron chi connectivity index (χ2n) is 4.92. The molecular formula is C15H15ClF3N3O3. The number of anilines is 1. The van der Waals surface area contributed by atoms with Crippen molar-refractivity contribution in [3.8, 4) is 11.8 Å². The van der Waals surface area contributed by atoms with Gasteiger partial charge in [0.2, 0.25) is 11.8 Å². The van der Waals surface area contributed by atoms with Crippen LogP contribution >= 0.6 is 11.6 Å². The summed E-state index contributed by atoms with van der Waals surface area (Å²) in [5, 5.41) is 19.5. The largest absolute Gasteiger partial charge is 0.501 e. The zero-order valence-electron chi connectivity index (χ0n) is 13.2. The molecule has 136 valence electrons. The lowest BCUT2D eigenvalue weighted by Gasteiger charge is -2.12. The van der Waals surface area contributed by atoms with Crippen LogP contribution in [0, 0.1) is 6.92 Å². The lowest BCUT2D eigenvalue weighted by Crippen LogP contribution is -2.12. The summed E-state index contributed by atoms with van der Waals surface area (Å²) in [6.07, 6.45) is -1.84. The number of ether oxygens (including phenoxy) is 1. The Hall–Kier alpha value is -2.55. The third-order valence-corrected chi connectivity index (χ3v) is 3.57. The Labute approximate surface area is 146 Å². The van der Waals surface area contributed by atoms with Crippen LogP contribution < -0.4 is 5.43 Å². The van der Waals surface area contributed by atoms with Crippen LogP contribution in [0.2, 0.25) is 5.15 Å². The molecule has 6 nitrogen and oxygen atoms in total. The maximum absolute atomic E-state index is 12.7. The minimum absolute atomic E-state index is 0.0982. The van der Waals surface area contributed by atoms with Crippen LogP contribution in [-0.4, -0.2) is 26.5 Å². The standard InChI is InChI=1S/C15H15ClF3N3O3/c1-3-25-7-6-9-8(2)13(23)22(14(9)24)21-11-5-4-10(12(16)20-11)15(17,18)19/h4-7,23-24H,3H2,1-2H3,(H,20,21)/b7-6+. The molecule has 0 spiro atoms. The first-order valence-electron chi connectivity index (χ1n) is 7.09. The molecule has 2 rings (SSSR count). The summed E-state index contributed by atoms with van der Waals surface area (Å²) in [5.41, 5.74) is 2.01. The number of hydrogen-bond acceptors (Lipinski definition) is 5. The molecule has 0 saturated heterocycles. The molecule has 2 aromatic heterocycles. The van der Waals surface area contributed by atoms with Crippen molar-refractivity contribution < 1.29 is 28.1 Å². The molecule has 0 fully saturated rings. The fourth-order valence-corrected chi connectivity index (χ4v) is 2.28. The average Bonchev–Trinajstić information content (AvgIpc) is 2.71. The highest BCUT2D eigenvalue weighted by molar-refractivity contribution is 6.30. The van der Waals surface area contributed by atoms with Crippen molar-refractivity contribution in [2.24, 2.45) is 0 Å². The number of hydrogen-bond donors (Lipinski definition) is 3. The van der Waals surface area contributed by atoms with E-state index in [1.807, 2.05) is 0 Å². The molecule has 0 amide bonds. The van der Waals surface area contributed by atoms with E-state index in [1.54, 1.807) is 13.8 Å². The monoisotopic (exact) mass is 377 g/mol. The molecule has 0 aliphatic rings. The van der Waals surface area contributed by atoms with Crippen LogP contribution in [0.3, 0.4) is 0 Å². The number of nitrogens with zero attached hydrogens (tertiary/aromatic N) is 2. The molecule has 0 aliphatic carbocycles. The third kappa shape index (κ3) is 3.93. The maximum atomic E-state index is 12.7. The van der Waals surface area contributed by atoms with Crippen molar-refractivity contribution >= 4 is 23.5 Å². The number of pyridine rings is 1. The smallest absolute Gasteiger partial charge is 0.419 e. The number of halogens is 4. The molecule has 0 unspecified atom stereocenters. The quantitative estimate of drug-likeness (QED) is 0.538. The van der Waals surface area contributed by atoms with Gasteiger partial charge in [0, 0.05) is 11.1 Å². The number of alkyl halides is 3. The van der Waals surface area contributed by atoms with Crippen LogP contribution in [0.1, 0.15) is 23.6 Å². The summed E-state index contributed by atoms with van der Waals surface area (Å²) in [6.45, 7) is 3.75. The van der Waals surface area contributed by atoms with Crippen LogP contribution in [0.15, 0.2) is 18.4 Å². The predicted octanol–water partition coefficient (Wildman–Crippen LogP) is 4.16. The van der Waals surface area contributed by atoms with Gasteiger partial charge in [-0.3, -0.25) is 5.43 Å². The molecule has 0 aliphatic heterocycles. The van der Waals surface area contributed by atoms with E-state index in [-0.39, 0.29) is 23.1 Å². The molecule has 2 aromatic rings. The molecule has 0 radical (unpaired) electrons. The highest BCUT2D eigenvalue weighted by Gasteiger charge is 2.34. The summed E-state index contributed by atoms with van der Waals surface area (Å²) < 4.78 is 44.0. The Kier molecular flexibility index (Phi) is 5.36. The number of nitrogens with one attached hydrogen (secondary N) is 1. The fourth-order valence-electron chi connectivity index (χ4n) is 2.02. The van der Waals surface area contributed by atoms with Gasteiger partial charge in [0.25, 0.3) is 0 Å². The number of aromatic nitrogens is 2. The second kappa shape index (κ2) is 7.14. The Morgan fingerprint density at radius 3 is 2.56 bits per heavy atom. The summed E-state index contributed by atoms with van der Waals surface area (Å²) in [6, 6.07) is 1.77. The van der Waals surface area contributed by atoms with E-state index >= 15 is 0 Å². The van der Waals surface area contributed by atoms with Crippen LogP contribution in [0.25, 0.3) is 6.08 Å². The van der Waals surface area contributed by atoms with Crippen LogP contribution in [0.5, 0.6) is 11.8 Å². The van der Waals surface area contributed by atoms with E-state index < -0.39 is 16.9 Å². The van der Waals surface area contributed by atoms with Crippen molar-refractivity contribution in [2.75, 3.05) is 12.0 Å². The van der Waals surface area contributed by atoms with Gasteiger partial charge >= 0.3 is 6.18 Å². The first kappa shape index (κ1) is 18.8. The lowest BCUT2D eigenvalue weighted by atomic mass is 10.2. The normalized spacial score (nSPS) is 11.9. The van der Waals surface area contributed by atoms with Crippen molar-refractivity contribution in [3.05, 3.63) is 40.2 Å². The summed E-state index contributed by atoms with van der Waals surface area (Å²) in [4.78, 5) is 3.58. The van der Waals surface area contributed by atoms with Crippen molar-refractivity contribution in [1.82, 2.24) is 9.66 Å². The van der Waals surface area contributed by atoms with Crippen molar-refractivity contribution in [3.63, 3.8) is 0 Å². The molecule has 10 heteroatoms. The zero-order chi connectivity index (χ0) is 18.8. The Morgan fingerprint density at radius 2 is 2.00 bits per heavy atom. The summed E-state index contributed by atoms with van der Waals surface area (Å²) >= 11 is 5.55. The minimum Gasteiger partial charge on any atom is -0.501 e. The van der Waals surface area contributed by atoms with Crippen LogP contribution in [0.4, 0.5) is 19.0 Å². The highest BCUT2D eigenvalue weighted by atomic mass is 35.5. The van der Waals surface area contributed by atoms with Gasteiger partial charge in [0.1, 0.15) is 11.0 Å². The Balaban J connectivity index is 2.35. The maximum Gasteiger partial charge on any atom is 0.419 e. The molecule has 0 atom stereocenters. The Morgan fingerprint density at radius 1 is 1.32 bits per heavy atom. The number of aromatic hydroxyl groups is 2. The van der Waals surface area contributed by atoms with Gasteiger partial charge in [-0.15, -0.1) is 0 Å². The third-order valence-electron chi connectivity index (χ3n) is 3.28. The molecule has 25 heavy (non-hydrogen) atoms. The molecule has 2 heterocycles. The highest BCUT2D eigenvalue weighted by Crippen LogP contribution is 2.36. The van der Waals surface area contributed by atoms with Crippen LogP contribution in [-0.2, 0) is 10.9 Å². The van der Waals surface area contributed by atoms with Gasteiger partial charge in [0.05, 0.1) is 18.4 Å². The first-order valence-corrected chi connectivity index (χ1v) is 7.46. The Bertz CT molecular complexity index is 804. The topological polar surface area (TPSA) is 79.5 Å². The molecule has 0 aromatic carbocycles. The van der Waals surface area contributed by atoms with Gasteiger partial charge in [0.15, 0.2) is 0 Å². The molecule has 0 bridgehead atoms. The van der Waals surface area contributed by atoms with Gasteiger partial charge in [-0.05, 0) is 32.1 Å². The SMILES string of the molecule is CCO/C=C/c1c(C)c(O)n(Nc2ccc(C(F)(F)F)c(Cl)n2)c1O. The van der Waals surface area contributed by atoms with E-state index in [0.717, 1.165) is 16.8 Å². The fraction of sp³-hybridized carbons (Fsp3) is 0.267. The van der Waals surface area contributed by atoms with E-state index in [9.17, 15) is 23.4 Å². The average molecular weight is 378 g/mol. The van der Waals surface area contributed by atoms with Gasteiger partial charge in [-0.1, -0.05) is 11.6 Å². The van der Waals surface area contributed by atoms with Gasteiger partial charge in [-0.25, -0.2) is 4.98 Å². The lowest BCUT2D eigenvalue weighted by molar-refractivity contribution is -0.137. The molecule has 0 saturated carbocycles. The molecule has 3 N–H and O–H groups in total. The van der Waals surface area contributed by atoms with Gasteiger partial charge in [-0.2, -0.15) is 17.8 Å². The van der Waals surface area contributed by atoms with Crippen molar-refractivity contribution in [2.45, 2.75) is 20.0 Å².